The molecule has 0 aliphatic heterocycles. The van der Waals surface area contributed by atoms with Crippen molar-refractivity contribution >= 4 is 5.91 Å². The summed E-state index contributed by atoms with van der Waals surface area (Å²) in [6.45, 7) is 1.82. The molecule has 6 heteroatoms. The highest BCUT2D eigenvalue weighted by atomic mass is 16.3. The van der Waals surface area contributed by atoms with Gasteiger partial charge in [-0.1, -0.05) is 25.0 Å². The van der Waals surface area contributed by atoms with Gasteiger partial charge in [-0.25, -0.2) is 4.98 Å². The van der Waals surface area contributed by atoms with Crippen LogP contribution in [0.5, 0.6) is 0 Å². The molecule has 3 rings (SSSR count). The zero-order chi connectivity index (χ0) is 15.6. The first-order valence-corrected chi connectivity index (χ1v) is 7.55. The molecule has 0 spiro atoms. The van der Waals surface area contributed by atoms with Crippen LogP contribution in [0.1, 0.15) is 41.9 Å². The predicted molar refractivity (Wildman–Crippen MR) is 82.3 cm³/mol. The Kier molecular flexibility index (Phi) is 3.94. The SMILES string of the molecule is Cc1nc(-c2cccc(C(=O)NC3(CO)CCCC3)c2)n[nH]1. The van der Waals surface area contributed by atoms with Crippen molar-refractivity contribution in [2.45, 2.75) is 38.1 Å². The number of rotatable bonds is 4. The summed E-state index contributed by atoms with van der Waals surface area (Å²) in [6, 6.07) is 7.23. The number of carbonyl (C=O) groups excluding carboxylic acids is 1. The molecule has 6 nitrogen and oxygen atoms in total. The topological polar surface area (TPSA) is 90.9 Å². The van der Waals surface area contributed by atoms with Crippen LogP contribution in [0.15, 0.2) is 24.3 Å². The zero-order valence-electron chi connectivity index (χ0n) is 12.6. The average Bonchev–Trinajstić information content (AvgIpc) is 3.17. The molecule has 116 valence electrons. The van der Waals surface area contributed by atoms with Crippen LogP contribution in [0.2, 0.25) is 0 Å². The lowest BCUT2D eigenvalue weighted by molar-refractivity contribution is 0.0838. The first kappa shape index (κ1) is 14.7. The van der Waals surface area contributed by atoms with E-state index >= 15 is 0 Å². The van der Waals surface area contributed by atoms with Crippen LogP contribution in [0.25, 0.3) is 11.4 Å². The number of hydrogen-bond acceptors (Lipinski definition) is 4. The Bertz CT molecular complexity index is 674. The number of benzene rings is 1. The van der Waals surface area contributed by atoms with Crippen LogP contribution >= 0.6 is 0 Å². The predicted octanol–water partition coefficient (Wildman–Crippen LogP) is 1.82. The van der Waals surface area contributed by atoms with Gasteiger partial charge in [-0.15, -0.1) is 0 Å². The number of aliphatic hydroxyl groups excluding tert-OH is 1. The minimum Gasteiger partial charge on any atom is -0.394 e. The third kappa shape index (κ3) is 2.87. The van der Waals surface area contributed by atoms with Crippen LogP contribution in [-0.2, 0) is 0 Å². The second-order valence-electron chi connectivity index (χ2n) is 5.92. The van der Waals surface area contributed by atoms with Crippen molar-refractivity contribution < 1.29 is 9.90 Å². The van der Waals surface area contributed by atoms with E-state index in [1.54, 1.807) is 12.1 Å². The summed E-state index contributed by atoms with van der Waals surface area (Å²) in [5, 5.41) is 19.5. The van der Waals surface area contributed by atoms with E-state index in [1.165, 1.54) is 0 Å². The van der Waals surface area contributed by atoms with Crippen molar-refractivity contribution in [1.29, 1.82) is 0 Å². The van der Waals surface area contributed by atoms with Crippen LogP contribution in [-0.4, -0.2) is 38.3 Å². The van der Waals surface area contributed by atoms with E-state index in [0.29, 0.717) is 11.4 Å². The first-order chi connectivity index (χ1) is 10.6. The van der Waals surface area contributed by atoms with Crippen LogP contribution in [0.4, 0.5) is 0 Å². The van der Waals surface area contributed by atoms with Crippen molar-refractivity contribution in [3.8, 4) is 11.4 Å². The van der Waals surface area contributed by atoms with Crippen molar-refractivity contribution in [1.82, 2.24) is 20.5 Å². The summed E-state index contributed by atoms with van der Waals surface area (Å²) in [5.41, 5.74) is 0.884. The first-order valence-electron chi connectivity index (χ1n) is 7.55. The second-order valence-corrected chi connectivity index (χ2v) is 5.92. The molecule has 0 radical (unpaired) electrons. The van der Waals surface area contributed by atoms with Gasteiger partial charge in [0.25, 0.3) is 5.91 Å². The van der Waals surface area contributed by atoms with Crippen LogP contribution in [0, 0.1) is 6.92 Å². The van der Waals surface area contributed by atoms with Gasteiger partial charge < -0.3 is 10.4 Å². The Hall–Kier alpha value is -2.21. The van der Waals surface area contributed by atoms with Gasteiger partial charge in [0.2, 0.25) is 0 Å². The maximum atomic E-state index is 12.5. The van der Waals surface area contributed by atoms with Gasteiger partial charge in [-0.05, 0) is 31.9 Å². The molecular weight excluding hydrogens is 280 g/mol. The van der Waals surface area contributed by atoms with E-state index < -0.39 is 5.54 Å². The second kappa shape index (κ2) is 5.88. The van der Waals surface area contributed by atoms with Gasteiger partial charge in [-0.2, -0.15) is 5.10 Å². The Morgan fingerprint density at radius 3 is 2.82 bits per heavy atom. The number of aliphatic hydroxyl groups is 1. The number of carbonyl (C=O) groups is 1. The van der Waals surface area contributed by atoms with Gasteiger partial charge >= 0.3 is 0 Å². The molecule has 1 aliphatic rings. The van der Waals surface area contributed by atoms with E-state index in [9.17, 15) is 9.90 Å². The van der Waals surface area contributed by atoms with Gasteiger partial charge in [0.1, 0.15) is 5.82 Å². The summed E-state index contributed by atoms with van der Waals surface area (Å²) < 4.78 is 0. The smallest absolute Gasteiger partial charge is 0.251 e. The highest BCUT2D eigenvalue weighted by Crippen LogP contribution is 2.29. The summed E-state index contributed by atoms with van der Waals surface area (Å²) >= 11 is 0. The highest BCUT2D eigenvalue weighted by molar-refractivity contribution is 5.95. The fourth-order valence-electron chi connectivity index (χ4n) is 2.96. The number of amides is 1. The lowest BCUT2D eigenvalue weighted by atomic mass is 9.98. The molecule has 1 amide bonds. The van der Waals surface area contributed by atoms with E-state index in [-0.39, 0.29) is 12.5 Å². The number of aromatic amines is 1. The van der Waals surface area contributed by atoms with Gasteiger partial charge in [-0.3, -0.25) is 9.89 Å². The molecule has 1 aromatic carbocycles. The van der Waals surface area contributed by atoms with E-state index in [1.807, 2.05) is 19.1 Å². The maximum Gasteiger partial charge on any atom is 0.251 e. The highest BCUT2D eigenvalue weighted by Gasteiger charge is 2.34. The third-order valence-corrected chi connectivity index (χ3v) is 4.22. The number of aryl methyl sites for hydroxylation is 1. The van der Waals surface area contributed by atoms with Gasteiger partial charge in [0.15, 0.2) is 5.82 Å². The van der Waals surface area contributed by atoms with Crippen molar-refractivity contribution in [2.24, 2.45) is 0 Å². The molecule has 2 aromatic rings. The van der Waals surface area contributed by atoms with Gasteiger partial charge in [0, 0.05) is 11.1 Å². The number of nitrogens with one attached hydrogen (secondary N) is 2. The maximum absolute atomic E-state index is 12.5. The number of H-pyrrole nitrogens is 1. The average molecular weight is 300 g/mol. The molecule has 1 fully saturated rings. The van der Waals surface area contributed by atoms with Crippen molar-refractivity contribution in [3.63, 3.8) is 0 Å². The quantitative estimate of drug-likeness (QED) is 0.803. The largest absolute Gasteiger partial charge is 0.394 e. The fourth-order valence-corrected chi connectivity index (χ4v) is 2.96. The lowest BCUT2D eigenvalue weighted by Crippen LogP contribution is -2.49. The number of nitrogens with zero attached hydrogens (tertiary/aromatic N) is 2. The van der Waals surface area contributed by atoms with Crippen molar-refractivity contribution in [2.75, 3.05) is 6.61 Å². The molecule has 22 heavy (non-hydrogen) atoms. The molecule has 1 saturated carbocycles. The molecule has 1 heterocycles. The van der Waals surface area contributed by atoms with E-state index in [0.717, 1.165) is 37.1 Å². The zero-order valence-corrected chi connectivity index (χ0v) is 12.6. The Morgan fingerprint density at radius 2 is 2.18 bits per heavy atom. The van der Waals surface area contributed by atoms with Crippen LogP contribution < -0.4 is 5.32 Å². The summed E-state index contributed by atoms with van der Waals surface area (Å²) in [4.78, 5) is 16.8. The molecular formula is C16H20N4O2. The molecule has 1 aliphatic carbocycles. The van der Waals surface area contributed by atoms with E-state index in [2.05, 4.69) is 20.5 Å². The minimum atomic E-state index is -0.464. The molecule has 3 N–H and O–H groups in total. The summed E-state index contributed by atoms with van der Waals surface area (Å²) in [6.07, 6.45) is 3.73. The summed E-state index contributed by atoms with van der Waals surface area (Å²) in [7, 11) is 0. The Morgan fingerprint density at radius 1 is 1.41 bits per heavy atom. The minimum absolute atomic E-state index is 0.0153. The third-order valence-electron chi connectivity index (χ3n) is 4.22. The fraction of sp³-hybridized carbons (Fsp3) is 0.438. The van der Waals surface area contributed by atoms with E-state index in [4.69, 9.17) is 0 Å². The lowest BCUT2D eigenvalue weighted by Gasteiger charge is -2.28. The molecule has 1 aromatic heterocycles. The molecule has 0 saturated heterocycles. The van der Waals surface area contributed by atoms with Crippen LogP contribution in [0.3, 0.4) is 0 Å². The van der Waals surface area contributed by atoms with Gasteiger partial charge in [0.05, 0.1) is 12.1 Å². The molecule has 0 unspecified atom stereocenters. The Balaban J connectivity index is 1.81. The van der Waals surface area contributed by atoms with Crippen molar-refractivity contribution in [3.05, 3.63) is 35.7 Å². The summed E-state index contributed by atoms with van der Waals surface area (Å²) in [5.74, 6) is 1.14. The standard InChI is InChI=1S/C16H20N4O2/c1-11-17-14(20-19-11)12-5-4-6-13(9-12)15(22)18-16(10-21)7-2-3-8-16/h4-6,9,21H,2-3,7-8,10H2,1H3,(H,18,22)(H,17,19,20). The number of hydrogen-bond donors (Lipinski definition) is 3. The molecule has 0 atom stereocenters. The number of aromatic nitrogens is 3. The Labute approximate surface area is 129 Å². The molecule has 0 bridgehead atoms. The monoisotopic (exact) mass is 300 g/mol. The normalized spacial score (nSPS) is 16.6.